The number of hydrogen-bond donors (Lipinski definition) is 4. The lowest BCUT2D eigenvalue weighted by Gasteiger charge is -2.50. The molecule has 8 N–H and O–H groups in total. The molecule has 0 spiro atoms. The maximum Gasteiger partial charge on any atom is 0.0635 e. The summed E-state index contributed by atoms with van der Waals surface area (Å²) in [6, 6.07) is 49.1. The second kappa shape index (κ2) is 11.2. The van der Waals surface area contributed by atoms with Gasteiger partial charge in [-0.1, -0.05) is 133 Å². The van der Waals surface area contributed by atoms with Gasteiger partial charge in [0.2, 0.25) is 0 Å². The zero-order valence-corrected chi connectivity index (χ0v) is 24.8. The Morgan fingerprint density at radius 2 is 0.614 bits per heavy atom. The van der Waals surface area contributed by atoms with E-state index in [-0.39, 0.29) is 0 Å². The molecule has 0 aliphatic heterocycles. The van der Waals surface area contributed by atoms with Crippen LogP contribution in [0.2, 0.25) is 0 Å². The number of nitrogens with two attached hydrogens (primary N) is 4. The van der Waals surface area contributed by atoms with E-state index in [1.807, 2.05) is 0 Å². The quantitative estimate of drug-likeness (QED) is 0.170. The van der Waals surface area contributed by atoms with Crippen LogP contribution in [0, 0.1) is 0 Å². The van der Waals surface area contributed by atoms with E-state index in [1.54, 1.807) is 0 Å². The van der Waals surface area contributed by atoms with E-state index in [2.05, 4.69) is 133 Å². The van der Waals surface area contributed by atoms with Crippen molar-refractivity contribution in [1.82, 2.24) is 0 Å². The molecule has 7 rings (SSSR count). The summed E-state index contributed by atoms with van der Waals surface area (Å²) in [6.07, 6.45) is 0. The fourth-order valence-electron chi connectivity index (χ4n) is 7.75. The minimum Gasteiger partial charge on any atom is -0.326 e. The summed E-state index contributed by atoms with van der Waals surface area (Å²) in [5.74, 6) is 0. The summed E-state index contributed by atoms with van der Waals surface area (Å²) in [5, 5.41) is 2.51. The van der Waals surface area contributed by atoms with Crippen LogP contribution < -0.4 is 22.9 Å². The topological polar surface area (TPSA) is 104 Å². The Labute approximate surface area is 259 Å². The van der Waals surface area contributed by atoms with E-state index < -0.39 is 10.8 Å². The Bertz CT molecular complexity index is 1690. The Kier molecular flexibility index (Phi) is 7.16. The van der Waals surface area contributed by atoms with Crippen LogP contribution >= 0.6 is 0 Å². The smallest absolute Gasteiger partial charge is 0.0635 e. The third kappa shape index (κ3) is 3.93. The van der Waals surface area contributed by atoms with Crippen LogP contribution in [0.15, 0.2) is 133 Å². The van der Waals surface area contributed by atoms with Gasteiger partial charge in [-0.25, -0.2) is 0 Å². The van der Waals surface area contributed by atoms with E-state index >= 15 is 0 Å². The Morgan fingerprint density at radius 3 is 0.864 bits per heavy atom. The van der Waals surface area contributed by atoms with Gasteiger partial charge in [-0.2, -0.15) is 0 Å². The summed E-state index contributed by atoms with van der Waals surface area (Å²) in [6.45, 7) is 1.95. The summed E-state index contributed by atoms with van der Waals surface area (Å²) in [4.78, 5) is 0. The summed E-state index contributed by atoms with van der Waals surface area (Å²) in [7, 11) is 0. The van der Waals surface area contributed by atoms with Gasteiger partial charge in [0.05, 0.1) is 10.8 Å². The molecule has 0 aromatic heterocycles. The lowest BCUT2D eigenvalue weighted by Crippen LogP contribution is -2.49. The lowest BCUT2D eigenvalue weighted by atomic mass is 9.50. The van der Waals surface area contributed by atoms with Crippen molar-refractivity contribution in [2.75, 3.05) is 0 Å². The van der Waals surface area contributed by atoms with Gasteiger partial charge >= 0.3 is 0 Å². The molecule has 0 fully saturated rings. The number of rotatable bonds is 8. The predicted molar refractivity (Wildman–Crippen MR) is 181 cm³/mol. The van der Waals surface area contributed by atoms with Crippen LogP contribution in [-0.4, -0.2) is 0 Å². The third-order valence-corrected chi connectivity index (χ3v) is 9.77. The molecule has 44 heavy (non-hydrogen) atoms. The van der Waals surface area contributed by atoms with E-state index in [0.717, 1.165) is 22.3 Å². The molecule has 0 atom stereocenters. The molecule has 4 heteroatoms. The van der Waals surface area contributed by atoms with Crippen LogP contribution in [0.25, 0.3) is 10.8 Å². The minimum atomic E-state index is -0.648. The number of benzene rings is 6. The molecule has 218 valence electrons. The van der Waals surface area contributed by atoms with Crippen molar-refractivity contribution in [1.29, 1.82) is 0 Å². The van der Waals surface area contributed by atoms with Crippen molar-refractivity contribution >= 4 is 10.8 Å². The van der Waals surface area contributed by atoms with Crippen molar-refractivity contribution in [3.8, 4) is 0 Å². The van der Waals surface area contributed by atoms with Gasteiger partial charge in [0.15, 0.2) is 0 Å². The molecule has 0 saturated heterocycles. The third-order valence-electron chi connectivity index (χ3n) is 9.77. The number of hydrogen-bond acceptors (Lipinski definition) is 4. The lowest BCUT2D eigenvalue weighted by molar-refractivity contribution is 0.442. The Morgan fingerprint density at radius 1 is 0.341 bits per heavy atom. The molecule has 0 unspecified atom stereocenters. The molecule has 1 aliphatic rings. The second-order valence-electron chi connectivity index (χ2n) is 11.8. The molecule has 6 aromatic rings. The first-order valence-electron chi connectivity index (χ1n) is 15.3. The van der Waals surface area contributed by atoms with Crippen LogP contribution in [0.3, 0.4) is 0 Å². The average molecular weight is 575 g/mol. The molecular weight excluding hydrogens is 536 g/mol. The average Bonchev–Trinajstić information content (AvgIpc) is 3.37. The second-order valence-corrected chi connectivity index (χ2v) is 11.8. The van der Waals surface area contributed by atoms with Gasteiger partial charge in [0, 0.05) is 26.2 Å². The first-order valence-corrected chi connectivity index (χ1v) is 15.3. The zero-order valence-electron chi connectivity index (χ0n) is 24.8. The zero-order chi connectivity index (χ0) is 30.3. The van der Waals surface area contributed by atoms with E-state index in [1.165, 1.54) is 44.2 Å². The standard InChI is InChI=1S/C40H38N4/c41-23-27-7-15-32(16-8-27)39(33-17-9-28(24-42)10-18-33)36-5-1-3-31-4-2-6-37(38(31)36)40(39,34-19-11-29(25-43)12-20-34)35-21-13-30(26-44)14-22-35/h1-22H,23-26,41-44H2. The summed E-state index contributed by atoms with van der Waals surface area (Å²) in [5.41, 5.74) is 34.9. The highest BCUT2D eigenvalue weighted by Gasteiger charge is 2.62. The van der Waals surface area contributed by atoms with E-state index in [0.29, 0.717) is 26.2 Å². The Hall–Kier alpha value is -4.58. The van der Waals surface area contributed by atoms with Crippen LogP contribution in [-0.2, 0) is 37.0 Å². The van der Waals surface area contributed by atoms with Crippen LogP contribution in [0.5, 0.6) is 0 Å². The molecular formula is C40H38N4. The summed E-state index contributed by atoms with van der Waals surface area (Å²) >= 11 is 0. The molecule has 0 heterocycles. The molecule has 0 amide bonds. The first kappa shape index (κ1) is 28.2. The van der Waals surface area contributed by atoms with E-state index in [9.17, 15) is 0 Å². The van der Waals surface area contributed by atoms with Gasteiger partial charge in [-0.05, 0) is 66.4 Å². The monoisotopic (exact) mass is 574 g/mol. The maximum atomic E-state index is 6.12. The van der Waals surface area contributed by atoms with Gasteiger partial charge in [0.25, 0.3) is 0 Å². The van der Waals surface area contributed by atoms with Crippen LogP contribution in [0.1, 0.15) is 55.6 Å². The van der Waals surface area contributed by atoms with Gasteiger partial charge in [-0.15, -0.1) is 0 Å². The van der Waals surface area contributed by atoms with Gasteiger partial charge < -0.3 is 22.9 Å². The van der Waals surface area contributed by atoms with Gasteiger partial charge in [0.1, 0.15) is 0 Å². The molecule has 0 radical (unpaired) electrons. The first-order chi connectivity index (χ1) is 21.6. The van der Waals surface area contributed by atoms with Crippen molar-refractivity contribution in [3.05, 3.63) is 189 Å². The van der Waals surface area contributed by atoms with Crippen molar-refractivity contribution in [2.45, 2.75) is 37.0 Å². The molecule has 4 nitrogen and oxygen atoms in total. The van der Waals surface area contributed by atoms with Crippen LogP contribution in [0.4, 0.5) is 0 Å². The normalized spacial score (nSPS) is 14.6. The highest BCUT2D eigenvalue weighted by molar-refractivity contribution is 5.98. The van der Waals surface area contributed by atoms with Crippen molar-refractivity contribution < 1.29 is 0 Å². The summed E-state index contributed by atoms with van der Waals surface area (Å²) < 4.78 is 0. The van der Waals surface area contributed by atoms with Gasteiger partial charge in [-0.3, -0.25) is 0 Å². The SMILES string of the molecule is NCc1ccc(C2(c3ccc(CN)cc3)c3cccc4cccc(c34)C2(c2ccc(CN)cc2)c2ccc(CN)cc2)cc1. The molecule has 6 aromatic carbocycles. The maximum absolute atomic E-state index is 6.12. The molecule has 1 aliphatic carbocycles. The molecule has 0 bridgehead atoms. The van der Waals surface area contributed by atoms with E-state index in [4.69, 9.17) is 22.9 Å². The largest absolute Gasteiger partial charge is 0.326 e. The fraction of sp³-hybridized carbons (Fsp3) is 0.150. The predicted octanol–water partition coefficient (Wildman–Crippen LogP) is 6.36. The minimum absolute atomic E-state index is 0.487. The van der Waals surface area contributed by atoms with Crippen molar-refractivity contribution in [3.63, 3.8) is 0 Å². The molecule has 0 saturated carbocycles. The highest BCUT2D eigenvalue weighted by atomic mass is 14.6. The van der Waals surface area contributed by atoms with Crippen molar-refractivity contribution in [2.24, 2.45) is 22.9 Å². The highest BCUT2D eigenvalue weighted by Crippen LogP contribution is 2.66. The fourth-order valence-corrected chi connectivity index (χ4v) is 7.75. The Balaban J connectivity index is 1.73.